The van der Waals surface area contributed by atoms with E-state index in [1.54, 1.807) is 32.7 Å². The number of nitrogens with zero attached hydrogens (tertiary/aromatic N) is 2. The molecule has 2 aromatic rings. The molecule has 0 spiro atoms. The van der Waals surface area contributed by atoms with E-state index in [1.165, 1.54) is 0 Å². The molecule has 1 heterocycles. The van der Waals surface area contributed by atoms with Crippen LogP contribution in [0.25, 0.3) is 0 Å². The number of carbonyl (C=O) groups is 1. The van der Waals surface area contributed by atoms with Crippen LogP contribution in [-0.4, -0.2) is 42.2 Å². The van der Waals surface area contributed by atoms with E-state index in [0.717, 1.165) is 30.2 Å². The first-order valence-electron chi connectivity index (χ1n) is 8.76. The molecule has 1 aliphatic rings. The predicted molar refractivity (Wildman–Crippen MR) is 103 cm³/mol. The molecule has 0 aliphatic heterocycles. The lowest BCUT2D eigenvalue weighted by molar-refractivity contribution is 0.0885. The van der Waals surface area contributed by atoms with Crippen molar-refractivity contribution < 1.29 is 19.0 Å². The van der Waals surface area contributed by atoms with Crippen molar-refractivity contribution in [2.75, 3.05) is 14.2 Å². The van der Waals surface area contributed by atoms with E-state index >= 15 is 0 Å². The molecule has 1 saturated carbocycles. The van der Waals surface area contributed by atoms with E-state index in [0.29, 0.717) is 23.1 Å². The van der Waals surface area contributed by atoms with Crippen LogP contribution in [0.1, 0.15) is 36.0 Å². The van der Waals surface area contributed by atoms with Gasteiger partial charge in [-0.05, 0) is 59.8 Å². The van der Waals surface area contributed by atoms with Gasteiger partial charge in [0, 0.05) is 22.9 Å². The molecule has 1 aliphatic carbocycles. The number of hydrogen-bond acceptors (Lipinski definition) is 6. The third-order valence-corrected chi connectivity index (χ3v) is 5.22. The van der Waals surface area contributed by atoms with Crippen molar-refractivity contribution in [1.82, 2.24) is 15.3 Å². The highest BCUT2D eigenvalue weighted by molar-refractivity contribution is 9.10. The molecule has 0 unspecified atom stereocenters. The van der Waals surface area contributed by atoms with Crippen molar-refractivity contribution in [2.24, 2.45) is 0 Å². The maximum atomic E-state index is 12.6. The summed E-state index contributed by atoms with van der Waals surface area (Å²) >= 11 is 3.42. The van der Waals surface area contributed by atoms with Crippen molar-refractivity contribution >= 4 is 21.8 Å². The van der Waals surface area contributed by atoms with Crippen LogP contribution in [0.4, 0.5) is 0 Å². The van der Waals surface area contributed by atoms with Gasteiger partial charge in [-0.3, -0.25) is 4.79 Å². The molecule has 0 atom stereocenters. The smallest absolute Gasteiger partial charge is 0.278 e. The van der Waals surface area contributed by atoms with Gasteiger partial charge in [0.25, 0.3) is 17.7 Å². The van der Waals surface area contributed by atoms with E-state index in [-0.39, 0.29) is 18.1 Å². The Morgan fingerprint density at radius 2 is 1.78 bits per heavy atom. The maximum Gasteiger partial charge on any atom is 0.278 e. The summed E-state index contributed by atoms with van der Waals surface area (Å²) in [6.07, 6.45) is 6.49. The molecular weight excluding hydrogens is 414 g/mol. The summed E-state index contributed by atoms with van der Waals surface area (Å²) in [5.74, 6) is 1.34. The highest BCUT2D eigenvalue weighted by atomic mass is 79.9. The molecule has 27 heavy (non-hydrogen) atoms. The molecule has 3 rings (SSSR count). The van der Waals surface area contributed by atoms with E-state index in [2.05, 4.69) is 31.2 Å². The number of ether oxygens (including phenoxy) is 3. The standard InChI is InChI=1S/C19H22BrN3O4/c1-25-14-7-8-16(20)15(11-14)17(24)23-12-3-5-13(6-4-12)27-19-18(26-2)21-9-10-22-19/h7-13H,3-6H2,1-2H3,(H,23,24). The SMILES string of the molecule is COc1ccc(Br)c(C(=O)NC2CCC(Oc3nccnc3OC)CC2)c1. The molecule has 0 saturated heterocycles. The van der Waals surface area contributed by atoms with Crippen LogP contribution in [0.15, 0.2) is 35.1 Å². The van der Waals surface area contributed by atoms with Crippen molar-refractivity contribution in [1.29, 1.82) is 0 Å². The van der Waals surface area contributed by atoms with Crippen molar-refractivity contribution in [2.45, 2.75) is 37.8 Å². The largest absolute Gasteiger partial charge is 0.497 e. The van der Waals surface area contributed by atoms with Crippen LogP contribution >= 0.6 is 15.9 Å². The fraction of sp³-hybridized carbons (Fsp3) is 0.421. The zero-order chi connectivity index (χ0) is 19.2. The first-order chi connectivity index (χ1) is 13.1. The zero-order valence-electron chi connectivity index (χ0n) is 15.3. The number of halogens is 1. The molecule has 8 heteroatoms. The number of rotatable bonds is 6. The second-order valence-electron chi connectivity index (χ2n) is 6.28. The summed E-state index contributed by atoms with van der Waals surface area (Å²) < 4.78 is 17.0. The Kier molecular flexibility index (Phi) is 6.49. The van der Waals surface area contributed by atoms with Crippen LogP contribution in [-0.2, 0) is 0 Å². The van der Waals surface area contributed by atoms with E-state index in [4.69, 9.17) is 14.2 Å². The van der Waals surface area contributed by atoms with E-state index in [1.807, 2.05) is 12.1 Å². The molecule has 144 valence electrons. The zero-order valence-corrected chi connectivity index (χ0v) is 16.9. The lowest BCUT2D eigenvalue weighted by Gasteiger charge is -2.29. The normalized spacial score (nSPS) is 19.2. The van der Waals surface area contributed by atoms with Crippen LogP contribution < -0.4 is 19.5 Å². The van der Waals surface area contributed by atoms with Gasteiger partial charge in [-0.15, -0.1) is 0 Å². The highest BCUT2D eigenvalue weighted by Gasteiger charge is 2.26. The Hall–Kier alpha value is -2.35. The number of aromatic nitrogens is 2. The number of amides is 1. The van der Waals surface area contributed by atoms with Gasteiger partial charge in [0.1, 0.15) is 11.9 Å². The summed E-state index contributed by atoms with van der Waals surface area (Å²) in [7, 11) is 3.12. The molecular formula is C19H22BrN3O4. The van der Waals surface area contributed by atoms with Crippen molar-refractivity contribution in [3.05, 3.63) is 40.6 Å². The Morgan fingerprint density at radius 1 is 1.07 bits per heavy atom. The summed E-state index contributed by atoms with van der Waals surface area (Å²) in [4.78, 5) is 20.9. The van der Waals surface area contributed by atoms with Gasteiger partial charge in [-0.2, -0.15) is 0 Å². The van der Waals surface area contributed by atoms with Crippen LogP contribution in [0.2, 0.25) is 0 Å². The number of hydrogen-bond donors (Lipinski definition) is 1. The molecule has 1 amide bonds. The number of benzene rings is 1. The van der Waals surface area contributed by atoms with E-state index in [9.17, 15) is 4.79 Å². The second kappa shape index (κ2) is 9.03. The van der Waals surface area contributed by atoms with Crippen LogP contribution in [0.3, 0.4) is 0 Å². The molecule has 1 aromatic heterocycles. The first-order valence-corrected chi connectivity index (χ1v) is 9.56. The summed E-state index contributed by atoms with van der Waals surface area (Å²) in [6, 6.07) is 5.46. The monoisotopic (exact) mass is 435 g/mol. The average molecular weight is 436 g/mol. The fourth-order valence-electron chi connectivity index (χ4n) is 3.08. The minimum atomic E-state index is -0.110. The highest BCUT2D eigenvalue weighted by Crippen LogP contribution is 2.28. The summed E-state index contributed by atoms with van der Waals surface area (Å²) in [6.45, 7) is 0. The van der Waals surface area contributed by atoms with Gasteiger partial charge in [0.05, 0.1) is 19.8 Å². The third kappa shape index (κ3) is 4.88. The Balaban J connectivity index is 1.54. The molecule has 1 fully saturated rings. The molecule has 7 nitrogen and oxygen atoms in total. The number of carbonyl (C=O) groups excluding carboxylic acids is 1. The van der Waals surface area contributed by atoms with Gasteiger partial charge in [-0.25, -0.2) is 9.97 Å². The molecule has 0 bridgehead atoms. The van der Waals surface area contributed by atoms with Gasteiger partial charge in [-0.1, -0.05) is 0 Å². The molecule has 1 N–H and O–H groups in total. The Bertz CT molecular complexity index is 794. The Labute approximate surface area is 166 Å². The topological polar surface area (TPSA) is 82.6 Å². The number of methoxy groups -OCH3 is 2. The lowest BCUT2D eigenvalue weighted by atomic mass is 9.92. The summed E-state index contributed by atoms with van der Waals surface area (Å²) in [5.41, 5.74) is 0.567. The average Bonchev–Trinajstić information content (AvgIpc) is 2.70. The lowest BCUT2D eigenvalue weighted by Crippen LogP contribution is -2.39. The maximum absolute atomic E-state index is 12.6. The minimum Gasteiger partial charge on any atom is -0.497 e. The van der Waals surface area contributed by atoms with Gasteiger partial charge in [0.15, 0.2) is 0 Å². The minimum absolute atomic E-state index is 0.0345. The van der Waals surface area contributed by atoms with Crippen molar-refractivity contribution in [3.63, 3.8) is 0 Å². The summed E-state index contributed by atoms with van der Waals surface area (Å²) in [5, 5.41) is 3.10. The Morgan fingerprint density at radius 3 is 2.44 bits per heavy atom. The van der Waals surface area contributed by atoms with Crippen LogP contribution in [0.5, 0.6) is 17.5 Å². The third-order valence-electron chi connectivity index (χ3n) is 4.53. The number of nitrogens with one attached hydrogen (secondary N) is 1. The van der Waals surface area contributed by atoms with Gasteiger partial charge >= 0.3 is 0 Å². The molecule has 1 aromatic carbocycles. The quantitative estimate of drug-likeness (QED) is 0.748. The van der Waals surface area contributed by atoms with Gasteiger partial charge in [0.2, 0.25) is 0 Å². The van der Waals surface area contributed by atoms with Crippen LogP contribution in [0, 0.1) is 0 Å². The van der Waals surface area contributed by atoms with Gasteiger partial charge < -0.3 is 19.5 Å². The first kappa shape index (κ1) is 19.4. The fourth-order valence-corrected chi connectivity index (χ4v) is 3.51. The van der Waals surface area contributed by atoms with E-state index < -0.39 is 0 Å². The predicted octanol–water partition coefficient (Wildman–Crippen LogP) is 3.38. The van der Waals surface area contributed by atoms with Crippen molar-refractivity contribution in [3.8, 4) is 17.5 Å². The molecule has 0 radical (unpaired) electrons. The second-order valence-corrected chi connectivity index (χ2v) is 7.14.